The van der Waals surface area contributed by atoms with E-state index in [1.165, 1.54) is 11.3 Å². The number of carbonyl (C=O) groups excluding carboxylic acids is 2. The summed E-state index contributed by atoms with van der Waals surface area (Å²) in [6.07, 6.45) is 1.48. The summed E-state index contributed by atoms with van der Waals surface area (Å²) in [5.41, 5.74) is 3.07. The number of aromatic nitrogens is 1. The molecule has 1 atom stereocenters. The number of amides is 2. The minimum atomic E-state index is -0.341. The van der Waals surface area contributed by atoms with Crippen LogP contribution in [0.4, 0.5) is 10.8 Å². The number of rotatable bonds is 4. The smallest absolute Gasteiger partial charge is 0.257 e. The average Bonchev–Trinajstić information content (AvgIpc) is 3.43. The lowest BCUT2D eigenvalue weighted by Gasteiger charge is -2.11. The zero-order chi connectivity index (χ0) is 20.7. The van der Waals surface area contributed by atoms with Crippen LogP contribution >= 0.6 is 11.3 Å². The maximum absolute atomic E-state index is 12.9. The van der Waals surface area contributed by atoms with Crippen LogP contribution in [0.3, 0.4) is 0 Å². The van der Waals surface area contributed by atoms with E-state index < -0.39 is 0 Å². The number of anilines is 2. The van der Waals surface area contributed by atoms with E-state index >= 15 is 0 Å². The van der Waals surface area contributed by atoms with Crippen molar-refractivity contribution in [3.8, 4) is 11.5 Å². The molecule has 0 saturated carbocycles. The molecule has 2 aromatic carbocycles. The SMILES string of the molecule is Cc1ccc(C(=O)Nc2nc3c(s2)CC[C@@H]3C(=O)Nc2ccc3c(c2)OCO3)cc1. The Hall–Kier alpha value is -3.39. The lowest BCUT2D eigenvalue weighted by molar-refractivity contribution is -0.117. The van der Waals surface area contributed by atoms with Crippen LogP contribution in [0.25, 0.3) is 0 Å². The van der Waals surface area contributed by atoms with Crippen molar-refractivity contribution in [2.24, 2.45) is 0 Å². The highest BCUT2D eigenvalue weighted by atomic mass is 32.1. The first-order valence-electron chi connectivity index (χ1n) is 9.65. The van der Waals surface area contributed by atoms with Gasteiger partial charge in [-0.1, -0.05) is 17.7 Å². The van der Waals surface area contributed by atoms with Crippen molar-refractivity contribution in [2.45, 2.75) is 25.7 Å². The standard InChI is InChI=1S/C22H19N3O4S/c1-12-2-4-13(5-3-12)20(26)25-22-24-19-15(7-9-18(19)30-22)21(27)23-14-6-8-16-17(10-14)29-11-28-16/h2-6,8,10,15H,7,9,11H2,1H3,(H,23,27)(H,24,25,26)/t15-/m0/s1. The van der Waals surface area contributed by atoms with E-state index in [2.05, 4.69) is 15.6 Å². The van der Waals surface area contributed by atoms with Crippen LogP contribution in [0.2, 0.25) is 0 Å². The normalized spacial score (nSPS) is 16.2. The van der Waals surface area contributed by atoms with E-state index in [1.807, 2.05) is 19.1 Å². The monoisotopic (exact) mass is 421 g/mol. The number of ether oxygens (including phenoxy) is 2. The molecule has 5 rings (SSSR count). The van der Waals surface area contributed by atoms with E-state index in [-0.39, 0.29) is 24.5 Å². The van der Waals surface area contributed by atoms with Gasteiger partial charge in [0.15, 0.2) is 16.6 Å². The minimum absolute atomic E-state index is 0.116. The molecule has 1 aromatic heterocycles. The van der Waals surface area contributed by atoms with E-state index in [9.17, 15) is 9.59 Å². The summed E-state index contributed by atoms with van der Waals surface area (Å²) in [5, 5.41) is 6.31. The van der Waals surface area contributed by atoms with Gasteiger partial charge in [-0.25, -0.2) is 4.98 Å². The van der Waals surface area contributed by atoms with Gasteiger partial charge in [0.2, 0.25) is 12.7 Å². The van der Waals surface area contributed by atoms with Crippen molar-refractivity contribution in [2.75, 3.05) is 17.4 Å². The Kier molecular flexibility index (Phi) is 4.63. The van der Waals surface area contributed by atoms with Gasteiger partial charge < -0.3 is 14.8 Å². The van der Waals surface area contributed by atoms with Crippen molar-refractivity contribution in [1.82, 2.24) is 4.98 Å². The van der Waals surface area contributed by atoms with Gasteiger partial charge in [-0.05, 0) is 44.0 Å². The molecular weight excluding hydrogens is 402 g/mol. The minimum Gasteiger partial charge on any atom is -0.454 e. The highest BCUT2D eigenvalue weighted by Crippen LogP contribution is 2.40. The van der Waals surface area contributed by atoms with Crippen LogP contribution < -0.4 is 20.1 Å². The number of hydrogen-bond acceptors (Lipinski definition) is 6. The molecule has 152 valence electrons. The van der Waals surface area contributed by atoms with Crippen LogP contribution in [0.5, 0.6) is 11.5 Å². The predicted molar refractivity (Wildman–Crippen MR) is 114 cm³/mol. The molecule has 0 fully saturated rings. The molecule has 8 heteroatoms. The third kappa shape index (κ3) is 3.50. The quantitative estimate of drug-likeness (QED) is 0.662. The number of thiazole rings is 1. The lowest BCUT2D eigenvalue weighted by Crippen LogP contribution is -2.20. The fourth-order valence-electron chi connectivity index (χ4n) is 3.61. The fraction of sp³-hybridized carbons (Fsp3) is 0.227. The summed E-state index contributed by atoms with van der Waals surface area (Å²) >= 11 is 1.43. The Bertz CT molecular complexity index is 1140. The summed E-state index contributed by atoms with van der Waals surface area (Å²) in [5.74, 6) is 0.629. The Morgan fingerprint density at radius 2 is 1.87 bits per heavy atom. The Labute approximate surface area is 177 Å². The van der Waals surface area contributed by atoms with Gasteiger partial charge in [-0.15, -0.1) is 11.3 Å². The van der Waals surface area contributed by atoms with Gasteiger partial charge in [0.25, 0.3) is 5.91 Å². The van der Waals surface area contributed by atoms with Gasteiger partial charge in [-0.3, -0.25) is 14.9 Å². The second-order valence-corrected chi connectivity index (χ2v) is 8.38. The molecule has 7 nitrogen and oxygen atoms in total. The molecule has 0 saturated heterocycles. The maximum Gasteiger partial charge on any atom is 0.257 e. The molecule has 2 heterocycles. The number of hydrogen-bond donors (Lipinski definition) is 2. The van der Waals surface area contributed by atoms with Crippen molar-refractivity contribution < 1.29 is 19.1 Å². The molecule has 0 radical (unpaired) electrons. The number of nitrogens with zero attached hydrogens (tertiary/aromatic N) is 1. The van der Waals surface area contributed by atoms with Crippen LogP contribution in [0.15, 0.2) is 42.5 Å². The fourth-order valence-corrected chi connectivity index (χ4v) is 4.65. The van der Waals surface area contributed by atoms with Crippen LogP contribution in [0, 0.1) is 6.92 Å². The number of nitrogens with one attached hydrogen (secondary N) is 2. The van der Waals surface area contributed by atoms with Crippen LogP contribution in [-0.2, 0) is 11.2 Å². The summed E-state index contributed by atoms with van der Waals surface area (Å²) in [7, 11) is 0. The average molecular weight is 421 g/mol. The van der Waals surface area contributed by atoms with Crippen molar-refractivity contribution >= 4 is 34.0 Å². The summed E-state index contributed by atoms with van der Waals surface area (Å²) in [6, 6.07) is 12.7. The highest BCUT2D eigenvalue weighted by Gasteiger charge is 2.33. The van der Waals surface area contributed by atoms with Crippen LogP contribution in [0.1, 0.15) is 38.8 Å². The number of benzene rings is 2. The van der Waals surface area contributed by atoms with E-state index in [0.29, 0.717) is 34.3 Å². The maximum atomic E-state index is 12.9. The molecule has 0 bridgehead atoms. The molecule has 0 spiro atoms. The third-order valence-corrected chi connectivity index (χ3v) is 6.25. The van der Waals surface area contributed by atoms with Crippen molar-refractivity contribution in [1.29, 1.82) is 0 Å². The first-order chi connectivity index (χ1) is 14.6. The lowest BCUT2D eigenvalue weighted by atomic mass is 10.1. The van der Waals surface area contributed by atoms with E-state index in [0.717, 1.165) is 22.6 Å². The molecule has 30 heavy (non-hydrogen) atoms. The highest BCUT2D eigenvalue weighted by molar-refractivity contribution is 7.16. The van der Waals surface area contributed by atoms with Gasteiger partial charge in [-0.2, -0.15) is 0 Å². The van der Waals surface area contributed by atoms with Crippen molar-refractivity contribution in [3.63, 3.8) is 0 Å². The Balaban J connectivity index is 1.28. The second kappa shape index (κ2) is 7.46. The molecule has 0 unspecified atom stereocenters. The molecule has 2 N–H and O–H groups in total. The Morgan fingerprint density at radius 1 is 1.07 bits per heavy atom. The van der Waals surface area contributed by atoms with E-state index in [4.69, 9.17) is 9.47 Å². The first kappa shape index (κ1) is 18.6. The van der Waals surface area contributed by atoms with Crippen molar-refractivity contribution in [3.05, 3.63) is 64.2 Å². The third-order valence-electron chi connectivity index (χ3n) is 5.21. The number of fused-ring (bicyclic) bond motifs is 2. The zero-order valence-electron chi connectivity index (χ0n) is 16.2. The largest absolute Gasteiger partial charge is 0.454 e. The molecule has 3 aromatic rings. The second-order valence-electron chi connectivity index (χ2n) is 7.30. The molecular formula is C22H19N3O4S. The predicted octanol–water partition coefficient (Wildman–Crippen LogP) is 4.10. The number of carbonyl (C=O) groups is 2. The van der Waals surface area contributed by atoms with Gasteiger partial charge in [0.05, 0.1) is 11.6 Å². The number of aryl methyl sites for hydroxylation is 2. The summed E-state index contributed by atoms with van der Waals surface area (Å²) in [4.78, 5) is 30.9. The summed E-state index contributed by atoms with van der Waals surface area (Å²) in [6.45, 7) is 2.16. The Morgan fingerprint density at radius 3 is 2.70 bits per heavy atom. The van der Waals surface area contributed by atoms with Crippen LogP contribution in [-0.4, -0.2) is 23.6 Å². The van der Waals surface area contributed by atoms with E-state index in [1.54, 1.807) is 30.3 Å². The molecule has 2 amide bonds. The van der Waals surface area contributed by atoms with Gasteiger partial charge in [0.1, 0.15) is 0 Å². The summed E-state index contributed by atoms with van der Waals surface area (Å²) < 4.78 is 10.7. The van der Waals surface area contributed by atoms with Gasteiger partial charge in [0, 0.05) is 22.2 Å². The first-order valence-corrected chi connectivity index (χ1v) is 10.5. The topological polar surface area (TPSA) is 89.6 Å². The van der Waals surface area contributed by atoms with Gasteiger partial charge >= 0.3 is 0 Å². The molecule has 2 aliphatic rings. The molecule has 1 aliphatic heterocycles. The zero-order valence-corrected chi connectivity index (χ0v) is 17.0. The molecule has 1 aliphatic carbocycles.